The molecule has 0 aromatic heterocycles. The molecule has 0 bridgehead atoms. The molecule has 0 saturated carbocycles. The van der Waals surface area contributed by atoms with Crippen molar-refractivity contribution >= 4 is 28.6 Å². The molecule has 0 heterocycles. The van der Waals surface area contributed by atoms with E-state index in [9.17, 15) is 15.0 Å². The van der Waals surface area contributed by atoms with Gasteiger partial charge in [0.1, 0.15) is 0 Å². The molecule has 0 radical (unpaired) electrons. The SMILES string of the molecule is CCOC(=O)/C=C/C[C@H](O)[C@H](O)CI. The Kier molecular flexibility index (Phi) is 8.11. The van der Waals surface area contributed by atoms with Crippen molar-refractivity contribution in [2.45, 2.75) is 25.6 Å². The van der Waals surface area contributed by atoms with Gasteiger partial charge in [-0.1, -0.05) is 28.7 Å². The predicted molar refractivity (Wildman–Crippen MR) is 61.3 cm³/mol. The first kappa shape index (κ1) is 13.9. The van der Waals surface area contributed by atoms with Gasteiger partial charge in [0.15, 0.2) is 0 Å². The topological polar surface area (TPSA) is 66.8 Å². The normalized spacial score (nSPS) is 15.4. The molecule has 14 heavy (non-hydrogen) atoms. The second-order valence-electron chi connectivity index (χ2n) is 2.68. The van der Waals surface area contributed by atoms with Crippen LogP contribution < -0.4 is 0 Å². The number of hydrogen-bond acceptors (Lipinski definition) is 4. The molecule has 0 spiro atoms. The van der Waals surface area contributed by atoms with Gasteiger partial charge in [-0.3, -0.25) is 0 Å². The van der Waals surface area contributed by atoms with Crippen LogP contribution in [0, 0.1) is 0 Å². The van der Waals surface area contributed by atoms with Crippen molar-refractivity contribution in [3.63, 3.8) is 0 Å². The monoisotopic (exact) mass is 314 g/mol. The number of esters is 1. The first-order chi connectivity index (χ1) is 6.61. The van der Waals surface area contributed by atoms with Crippen molar-refractivity contribution in [2.75, 3.05) is 11.0 Å². The lowest BCUT2D eigenvalue weighted by molar-refractivity contribution is -0.137. The average Bonchev–Trinajstić information content (AvgIpc) is 2.16. The van der Waals surface area contributed by atoms with Crippen molar-refractivity contribution in [1.82, 2.24) is 0 Å². The number of halogens is 1. The zero-order chi connectivity index (χ0) is 11.0. The molecule has 2 atom stereocenters. The molecule has 0 aliphatic rings. The summed E-state index contributed by atoms with van der Waals surface area (Å²) in [6.07, 6.45) is 1.44. The summed E-state index contributed by atoms with van der Waals surface area (Å²) in [5.74, 6) is -0.427. The first-order valence-electron chi connectivity index (χ1n) is 4.37. The lowest BCUT2D eigenvalue weighted by atomic mass is 10.1. The van der Waals surface area contributed by atoms with E-state index < -0.39 is 18.2 Å². The summed E-state index contributed by atoms with van der Waals surface area (Å²) in [6.45, 7) is 2.06. The third-order valence-electron chi connectivity index (χ3n) is 1.52. The van der Waals surface area contributed by atoms with Crippen LogP contribution in [0.2, 0.25) is 0 Å². The maximum atomic E-state index is 10.8. The molecule has 0 aliphatic heterocycles. The standard InChI is InChI=1S/C9H15IO4/c1-2-14-9(13)5-3-4-7(11)8(12)6-10/h3,5,7-8,11-12H,2,4,6H2,1H3/b5-3+/t7-,8+/m0/s1. The van der Waals surface area contributed by atoms with E-state index in [1.54, 1.807) is 6.92 Å². The zero-order valence-corrected chi connectivity index (χ0v) is 10.2. The Bertz CT molecular complexity index is 193. The van der Waals surface area contributed by atoms with Crippen LogP contribution in [-0.2, 0) is 9.53 Å². The van der Waals surface area contributed by atoms with Gasteiger partial charge < -0.3 is 14.9 Å². The summed E-state index contributed by atoms with van der Waals surface area (Å²) in [5, 5.41) is 18.5. The molecule has 2 N–H and O–H groups in total. The number of hydrogen-bond donors (Lipinski definition) is 2. The van der Waals surface area contributed by atoms with E-state index in [1.165, 1.54) is 12.2 Å². The van der Waals surface area contributed by atoms with Crippen molar-refractivity contribution in [3.8, 4) is 0 Å². The molecule has 0 aromatic carbocycles. The Morgan fingerprint density at radius 2 is 2.14 bits per heavy atom. The van der Waals surface area contributed by atoms with E-state index in [1.807, 2.05) is 22.6 Å². The number of carbonyl (C=O) groups excluding carboxylic acids is 1. The number of ether oxygens (including phenoxy) is 1. The number of alkyl halides is 1. The molecule has 0 aliphatic carbocycles. The summed E-state index contributed by atoms with van der Waals surface area (Å²) in [6, 6.07) is 0. The minimum absolute atomic E-state index is 0.253. The van der Waals surface area contributed by atoms with Crippen LogP contribution in [0.25, 0.3) is 0 Å². The number of carbonyl (C=O) groups is 1. The van der Waals surface area contributed by atoms with Gasteiger partial charge in [0.25, 0.3) is 0 Å². The predicted octanol–water partition coefficient (Wildman–Crippen LogP) is 0.653. The molecule has 82 valence electrons. The molecule has 0 aromatic rings. The number of aliphatic hydroxyl groups is 2. The highest BCUT2D eigenvalue weighted by Crippen LogP contribution is 2.03. The summed E-state index contributed by atoms with van der Waals surface area (Å²) in [5.41, 5.74) is 0. The fourth-order valence-electron chi connectivity index (χ4n) is 0.754. The van der Waals surface area contributed by atoms with Gasteiger partial charge in [-0.15, -0.1) is 0 Å². The van der Waals surface area contributed by atoms with Crippen LogP contribution in [0.5, 0.6) is 0 Å². The Balaban J connectivity index is 3.75. The van der Waals surface area contributed by atoms with Crippen molar-refractivity contribution in [3.05, 3.63) is 12.2 Å². The van der Waals surface area contributed by atoms with Crippen LogP contribution in [0.3, 0.4) is 0 Å². The van der Waals surface area contributed by atoms with Gasteiger partial charge in [-0.25, -0.2) is 4.79 Å². The summed E-state index contributed by atoms with van der Waals surface area (Å²) < 4.78 is 5.10. The molecular formula is C9H15IO4. The van der Waals surface area contributed by atoms with Crippen LogP contribution in [0.4, 0.5) is 0 Å². The maximum Gasteiger partial charge on any atom is 0.330 e. The Morgan fingerprint density at radius 1 is 1.50 bits per heavy atom. The minimum Gasteiger partial charge on any atom is -0.463 e. The van der Waals surface area contributed by atoms with Gasteiger partial charge in [-0.2, -0.15) is 0 Å². The first-order valence-corrected chi connectivity index (χ1v) is 5.89. The second kappa shape index (κ2) is 8.19. The highest BCUT2D eigenvalue weighted by Gasteiger charge is 2.12. The van der Waals surface area contributed by atoms with E-state index in [4.69, 9.17) is 0 Å². The molecule has 4 nitrogen and oxygen atoms in total. The lowest BCUT2D eigenvalue weighted by Crippen LogP contribution is -2.26. The number of aliphatic hydroxyl groups excluding tert-OH is 2. The van der Waals surface area contributed by atoms with E-state index >= 15 is 0 Å². The van der Waals surface area contributed by atoms with Gasteiger partial charge in [-0.05, 0) is 13.3 Å². The fraction of sp³-hybridized carbons (Fsp3) is 0.667. The summed E-state index contributed by atoms with van der Waals surface area (Å²) >= 11 is 1.98. The third kappa shape index (κ3) is 6.33. The lowest BCUT2D eigenvalue weighted by Gasteiger charge is -2.12. The van der Waals surface area contributed by atoms with E-state index in [2.05, 4.69) is 4.74 Å². The Morgan fingerprint density at radius 3 is 2.64 bits per heavy atom. The summed E-state index contributed by atoms with van der Waals surface area (Å²) in [7, 11) is 0. The number of rotatable bonds is 6. The molecular weight excluding hydrogens is 299 g/mol. The smallest absolute Gasteiger partial charge is 0.330 e. The molecule has 0 fully saturated rings. The third-order valence-corrected chi connectivity index (χ3v) is 2.42. The Hall–Kier alpha value is -0.140. The highest BCUT2D eigenvalue weighted by atomic mass is 127. The highest BCUT2D eigenvalue weighted by molar-refractivity contribution is 14.1. The van der Waals surface area contributed by atoms with Crippen LogP contribution in [0.1, 0.15) is 13.3 Å². The van der Waals surface area contributed by atoms with Crippen LogP contribution >= 0.6 is 22.6 Å². The zero-order valence-electron chi connectivity index (χ0n) is 8.02. The van der Waals surface area contributed by atoms with Gasteiger partial charge in [0.05, 0.1) is 18.8 Å². The molecule has 0 amide bonds. The van der Waals surface area contributed by atoms with E-state index in [0.29, 0.717) is 11.0 Å². The van der Waals surface area contributed by atoms with E-state index in [0.717, 1.165) is 0 Å². The van der Waals surface area contributed by atoms with E-state index in [-0.39, 0.29) is 6.42 Å². The van der Waals surface area contributed by atoms with Gasteiger partial charge >= 0.3 is 5.97 Å². The van der Waals surface area contributed by atoms with Crippen molar-refractivity contribution in [2.24, 2.45) is 0 Å². The van der Waals surface area contributed by atoms with Crippen molar-refractivity contribution < 1.29 is 19.7 Å². The molecule has 0 saturated heterocycles. The average molecular weight is 314 g/mol. The van der Waals surface area contributed by atoms with Gasteiger partial charge in [0, 0.05) is 10.5 Å². The fourth-order valence-corrected chi connectivity index (χ4v) is 1.34. The minimum atomic E-state index is -0.822. The quantitative estimate of drug-likeness (QED) is 0.327. The van der Waals surface area contributed by atoms with Crippen LogP contribution in [-0.4, -0.2) is 39.4 Å². The molecule has 5 heteroatoms. The Labute approximate surface area is 97.1 Å². The largest absolute Gasteiger partial charge is 0.463 e. The van der Waals surface area contributed by atoms with Crippen molar-refractivity contribution in [1.29, 1.82) is 0 Å². The maximum absolute atomic E-state index is 10.8. The van der Waals surface area contributed by atoms with Gasteiger partial charge in [0.2, 0.25) is 0 Å². The summed E-state index contributed by atoms with van der Waals surface area (Å²) in [4.78, 5) is 10.8. The molecule has 0 unspecified atom stereocenters. The molecule has 0 rings (SSSR count). The van der Waals surface area contributed by atoms with Crippen LogP contribution in [0.15, 0.2) is 12.2 Å². The second-order valence-corrected chi connectivity index (χ2v) is 3.56.